The van der Waals surface area contributed by atoms with Crippen molar-refractivity contribution in [1.82, 2.24) is 0 Å². The average molecular weight is 480 g/mol. The molecule has 1 aliphatic rings. The quantitative estimate of drug-likeness (QED) is 0.346. The van der Waals surface area contributed by atoms with Crippen LogP contribution in [0.3, 0.4) is 0 Å². The Labute approximate surface area is 209 Å². The van der Waals surface area contributed by atoms with Gasteiger partial charge in [0.05, 0.1) is 17.9 Å². The number of nitrogens with one attached hydrogen (secondary N) is 1. The maximum atomic E-state index is 12.4. The number of anilines is 1. The van der Waals surface area contributed by atoms with Gasteiger partial charge in [-0.1, -0.05) is 66.4 Å². The standard InChI is InChI=1S/C30H25NO5/c1-35-26-16-15-25(36-20-22-10-13-23-6-2-3-7-24(23)18-22)14-11-21(19-26)12-17-29(32)31-28-9-5-4-8-27(28)30(33)34/h2-14,17-19,25-26H,20H2,1H3,(H,31,32)(H,33,34)/b14-11-,17-12+,21-19+. The van der Waals surface area contributed by atoms with Crippen LogP contribution in [0, 0.1) is 11.8 Å². The van der Waals surface area contributed by atoms with Gasteiger partial charge in [0.1, 0.15) is 12.2 Å². The largest absolute Gasteiger partial charge is 0.478 e. The summed E-state index contributed by atoms with van der Waals surface area (Å²) in [5.41, 5.74) is 2.00. The minimum atomic E-state index is -1.11. The van der Waals surface area contributed by atoms with E-state index < -0.39 is 24.1 Å². The molecule has 1 aliphatic carbocycles. The number of carbonyl (C=O) groups excluding carboxylic acids is 1. The number of benzene rings is 3. The smallest absolute Gasteiger partial charge is 0.337 e. The van der Waals surface area contributed by atoms with Crippen molar-refractivity contribution in [3.8, 4) is 11.8 Å². The highest BCUT2D eigenvalue weighted by atomic mass is 16.5. The van der Waals surface area contributed by atoms with Crippen LogP contribution in [0.25, 0.3) is 10.8 Å². The minimum absolute atomic E-state index is 0.0189. The Kier molecular flexibility index (Phi) is 8.09. The molecule has 4 rings (SSSR count). The van der Waals surface area contributed by atoms with Gasteiger partial charge in [0.2, 0.25) is 5.91 Å². The summed E-state index contributed by atoms with van der Waals surface area (Å²) in [5, 5.41) is 14.2. The molecule has 0 aliphatic heterocycles. The normalized spacial score (nSPS) is 19.4. The summed E-state index contributed by atoms with van der Waals surface area (Å²) in [5.74, 6) is 4.55. The number of fused-ring (bicyclic) bond motifs is 1. The van der Waals surface area contributed by atoms with Crippen LogP contribution in [-0.2, 0) is 20.9 Å². The molecule has 0 fully saturated rings. The highest BCUT2D eigenvalue weighted by Gasteiger charge is 2.11. The fourth-order valence-corrected chi connectivity index (χ4v) is 3.66. The van der Waals surface area contributed by atoms with Crippen LogP contribution in [0.2, 0.25) is 0 Å². The molecule has 6 heteroatoms. The molecular formula is C30H25NO5. The topological polar surface area (TPSA) is 84.9 Å². The van der Waals surface area contributed by atoms with E-state index >= 15 is 0 Å². The third-order valence-electron chi connectivity index (χ3n) is 5.52. The van der Waals surface area contributed by atoms with Gasteiger partial charge in [0.15, 0.2) is 0 Å². The molecule has 0 saturated heterocycles. The lowest BCUT2D eigenvalue weighted by Crippen LogP contribution is -2.13. The second-order valence-electron chi connectivity index (χ2n) is 8.06. The van der Waals surface area contributed by atoms with E-state index in [9.17, 15) is 14.7 Å². The Bertz CT molecular complexity index is 1420. The zero-order valence-electron chi connectivity index (χ0n) is 19.7. The van der Waals surface area contributed by atoms with Gasteiger partial charge in [-0.3, -0.25) is 4.79 Å². The summed E-state index contributed by atoms with van der Waals surface area (Å²) in [7, 11) is 1.56. The first-order valence-corrected chi connectivity index (χ1v) is 11.4. The van der Waals surface area contributed by atoms with Crippen LogP contribution in [0.5, 0.6) is 0 Å². The number of aromatic carboxylic acids is 1. The first kappa shape index (κ1) is 24.7. The molecule has 2 atom stereocenters. The number of carboxylic acid groups (broad SMARTS) is 1. The predicted molar refractivity (Wildman–Crippen MR) is 139 cm³/mol. The minimum Gasteiger partial charge on any atom is -0.478 e. The van der Waals surface area contributed by atoms with Gasteiger partial charge in [-0.15, -0.1) is 0 Å². The molecule has 3 aromatic rings. The van der Waals surface area contributed by atoms with E-state index in [0.29, 0.717) is 12.2 Å². The van der Waals surface area contributed by atoms with Gasteiger partial charge in [-0.25, -0.2) is 4.79 Å². The van der Waals surface area contributed by atoms with Crippen LogP contribution in [-0.4, -0.2) is 36.3 Å². The molecule has 3 aromatic carbocycles. The van der Waals surface area contributed by atoms with E-state index in [1.807, 2.05) is 30.4 Å². The van der Waals surface area contributed by atoms with Crippen molar-refractivity contribution >= 4 is 28.3 Å². The molecule has 36 heavy (non-hydrogen) atoms. The lowest BCUT2D eigenvalue weighted by Gasteiger charge is -2.12. The summed E-state index contributed by atoms with van der Waals surface area (Å²) >= 11 is 0. The van der Waals surface area contributed by atoms with Gasteiger partial charge in [0, 0.05) is 13.2 Å². The summed E-state index contributed by atoms with van der Waals surface area (Å²) < 4.78 is 11.5. The van der Waals surface area contributed by atoms with Gasteiger partial charge in [-0.05, 0) is 58.3 Å². The molecule has 2 unspecified atom stereocenters. The summed E-state index contributed by atoms with van der Waals surface area (Å²) in [6.45, 7) is 0.395. The van der Waals surface area contributed by atoms with Crippen LogP contribution in [0.1, 0.15) is 15.9 Å². The molecule has 1 amide bonds. The number of carboxylic acids is 1. The molecule has 0 bridgehead atoms. The Balaban J connectivity index is 1.43. The van der Waals surface area contributed by atoms with Crippen molar-refractivity contribution in [2.24, 2.45) is 0 Å². The molecule has 2 N–H and O–H groups in total. The molecule has 0 heterocycles. The van der Waals surface area contributed by atoms with Gasteiger partial charge in [0.25, 0.3) is 0 Å². The third-order valence-corrected chi connectivity index (χ3v) is 5.52. The summed E-state index contributed by atoms with van der Waals surface area (Å²) in [6.07, 6.45) is 7.46. The Morgan fingerprint density at radius 1 is 1.00 bits per heavy atom. The first-order valence-electron chi connectivity index (χ1n) is 11.4. The van der Waals surface area contributed by atoms with Crippen molar-refractivity contribution in [3.05, 3.63) is 114 Å². The Morgan fingerprint density at radius 3 is 2.56 bits per heavy atom. The number of methoxy groups -OCH3 is 1. The summed E-state index contributed by atoms with van der Waals surface area (Å²) in [6, 6.07) is 20.6. The van der Waals surface area contributed by atoms with Gasteiger partial charge >= 0.3 is 5.97 Å². The lowest BCUT2D eigenvalue weighted by atomic mass is 10.1. The second-order valence-corrected chi connectivity index (χ2v) is 8.06. The van der Waals surface area contributed by atoms with Crippen LogP contribution in [0.15, 0.2) is 103 Å². The maximum absolute atomic E-state index is 12.4. The molecule has 6 nitrogen and oxygen atoms in total. The predicted octanol–water partition coefficient (Wildman–Crippen LogP) is 5.13. The Hall–Kier alpha value is -4.44. The molecule has 0 aromatic heterocycles. The number of ether oxygens (including phenoxy) is 2. The van der Waals surface area contributed by atoms with Crippen LogP contribution in [0.4, 0.5) is 5.69 Å². The number of hydrogen-bond acceptors (Lipinski definition) is 4. The fourth-order valence-electron chi connectivity index (χ4n) is 3.66. The highest BCUT2D eigenvalue weighted by molar-refractivity contribution is 6.04. The highest BCUT2D eigenvalue weighted by Crippen LogP contribution is 2.18. The number of hydrogen-bond donors (Lipinski definition) is 2. The van der Waals surface area contributed by atoms with Crippen molar-refractivity contribution in [2.45, 2.75) is 18.8 Å². The molecule has 0 saturated carbocycles. The summed E-state index contributed by atoms with van der Waals surface area (Å²) in [4.78, 5) is 23.8. The zero-order valence-corrected chi connectivity index (χ0v) is 19.7. The molecule has 180 valence electrons. The molecule has 0 spiro atoms. The van der Waals surface area contributed by atoms with Crippen molar-refractivity contribution in [3.63, 3.8) is 0 Å². The SMILES string of the molecule is COC1C#CC(OCc2ccc3ccccc3c2)\C=C/C(/C=C/C(=O)Nc2ccccc2C(=O)O)=C\1. The van der Waals surface area contributed by atoms with Crippen LogP contribution >= 0.6 is 0 Å². The first-order chi connectivity index (χ1) is 17.5. The van der Waals surface area contributed by atoms with Gasteiger partial charge in [-0.2, -0.15) is 0 Å². The van der Waals surface area contributed by atoms with Crippen molar-refractivity contribution in [1.29, 1.82) is 0 Å². The van der Waals surface area contributed by atoms with Crippen molar-refractivity contribution in [2.75, 3.05) is 12.4 Å². The van der Waals surface area contributed by atoms with Crippen LogP contribution < -0.4 is 5.32 Å². The lowest BCUT2D eigenvalue weighted by molar-refractivity contribution is -0.111. The van der Waals surface area contributed by atoms with E-state index in [4.69, 9.17) is 9.47 Å². The van der Waals surface area contributed by atoms with E-state index in [-0.39, 0.29) is 11.3 Å². The number of carbonyl (C=O) groups is 2. The monoisotopic (exact) mass is 479 g/mol. The third kappa shape index (κ3) is 6.57. The van der Waals surface area contributed by atoms with Crippen molar-refractivity contribution < 1.29 is 24.2 Å². The van der Waals surface area contributed by atoms with E-state index in [0.717, 1.165) is 10.9 Å². The number of allylic oxidation sites excluding steroid dienone is 3. The van der Waals surface area contributed by atoms with Gasteiger partial charge < -0.3 is 19.9 Å². The van der Waals surface area contributed by atoms with E-state index in [1.54, 1.807) is 31.4 Å². The molecule has 0 radical (unpaired) electrons. The molecular weight excluding hydrogens is 454 g/mol. The number of para-hydroxylation sites is 1. The maximum Gasteiger partial charge on any atom is 0.337 e. The van der Waals surface area contributed by atoms with E-state index in [2.05, 4.69) is 41.4 Å². The Morgan fingerprint density at radius 2 is 1.75 bits per heavy atom. The fraction of sp³-hybridized carbons (Fsp3) is 0.133. The zero-order chi connectivity index (χ0) is 25.3. The van der Waals surface area contributed by atoms with E-state index in [1.165, 1.54) is 23.6 Å². The second kappa shape index (κ2) is 11.8. The number of rotatable bonds is 8. The average Bonchev–Trinajstić information content (AvgIpc) is 2.88. The number of amides is 1.